The lowest BCUT2D eigenvalue weighted by atomic mass is 10.1. The number of hydrogen-bond donors (Lipinski definition) is 1. The maximum absolute atomic E-state index is 5.66. The molecule has 0 spiro atoms. The highest BCUT2D eigenvalue weighted by Gasteiger charge is 2.21. The van der Waals surface area contributed by atoms with Crippen molar-refractivity contribution < 1.29 is 4.74 Å². The van der Waals surface area contributed by atoms with Crippen molar-refractivity contribution in [3.05, 3.63) is 18.0 Å². The van der Waals surface area contributed by atoms with Gasteiger partial charge in [0.1, 0.15) is 0 Å². The van der Waals surface area contributed by atoms with Gasteiger partial charge in [-0.2, -0.15) is 5.10 Å². The second kappa shape index (κ2) is 6.17. The van der Waals surface area contributed by atoms with E-state index < -0.39 is 0 Å². The Balaban J connectivity index is 1.59. The highest BCUT2D eigenvalue weighted by Crippen LogP contribution is 2.15. The molecule has 1 saturated heterocycles. The van der Waals surface area contributed by atoms with Gasteiger partial charge in [0, 0.05) is 25.9 Å². The van der Waals surface area contributed by atoms with Gasteiger partial charge >= 0.3 is 0 Å². The summed E-state index contributed by atoms with van der Waals surface area (Å²) < 4.78 is 7.52. The average Bonchev–Trinajstić information content (AvgIpc) is 2.95. The predicted molar refractivity (Wildman–Crippen MR) is 68.0 cm³/mol. The molecule has 17 heavy (non-hydrogen) atoms. The van der Waals surface area contributed by atoms with Crippen LogP contribution in [0.4, 0.5) is 0 Å². The highest BCUT2D eigenvalue weighted by atomic mass is 16.5. The largest absolute Gasteiger partial charge is 0.377 e. The van der Waals surface area contributed by atoms with E-state index in [2.05, 4.69) is 23.5 Å². The molecule has 1 N–H and O–H groups in total. The fraction of sp³-hybridized carbons (Fsp3) is 0.769. The first-order valence-corrected chi connectivity index (χ1v) is 6.58. The molecule has 0 saturated carbocycles. The molecule has 1 aromatic heterocycles. The summed E-state index contributed by atoms with van der Waals surface area (Å²) in [5.74, 6) is 0. The van der Waals surface area contributed by atoms with E-state index in [1.807, 2.05) is 17.9 Å². The molecule has 96 valence electrons. The van der Waals surface area contributed by atoms with E-state index in [1.165, 1.54) is 18.4 Å². The zero-order valence-electron chi connectivity index (χ0n) is 10.9. The first-order chi connectivity index (χ1) is 8.25. The molecule has 0 bridgehead atoms. The molecule has 1 aliphatic heterocycles. The van der Waals surface area contributed by atoms with Crippen LogP contribution in [0.2, 0.25) is 0 Å². The molecule has 2 rings (SSSR count). The molecule has 1 aliphatic rings. The van der Waals surface area contributed by atoms with Crippen molar-refractivity contribution in [2.24, 2.45) is 7.05 Å². The van der Waals surface area contributed by atoms with Crippen molar-refractivity contribution >= 4 is 0 Å². The Morgan fingerprint density at radius 2 is 2.53 bits per heavy atom. The SMILES string of the molecule is CC(NCCCc1cnn(C)c1)C1CCCO1. The van der Waals surface area contributed by atoms with E-state index in [1.54, 1.807) is 0 Å². The maximum Gasteiger partial charge on any atom is 0.0726 e. The van der Waals surface area contributed by atoms with Gasteiger partial charge in [-0.25, -0.2) is 0 Å². The minimum atomic E-state index is 0.424. The number of ether oxygens (including phenoxy) is 1. The lowest BCUT2D eigenvalue weighted by Crippen LogP contribution is -2.37. The Bertz CT molecular complexity index is 331. The maximum atomic E-state index is 5.66. The summed E-state index contributed by atoms with van der Waals surface area (Å²) >= 11 is 0. The molecular weight excluding hydrogens is 214 g/mol. The molecule has 2 unspecified atom stereocenters. The zero-order chi connectivity index (χ0) is 12.1. The molecule has 0 radical (unpaired) electrons. The summed E-state index contributed by atoms with van der Waals surface area (Å²) in [6, 6.07) is 0.478. The van der Waals surface area contributed by atoms with Crippen molar-refractivity contribution in [1.29, 1.82) is 0 Å². The van der Waals surface area contributed by atoms with Gasteiger partial charge < -0.3 is 10.1 Å². The van der Waals surface area contributed by atoms with E-state index in [0.29, 0.717) is 12.1 Å². The molecule has 2 heterocycles. The lowest BCUT2D eigenvalue weighted by molar-refractivity contribution is 0.0837. The van der Waals surface area contributed by atoms with Crippen LogP contribution in [0.15, 0.2) is 12.4 Å². The molecule has 1 aromatic rings. The minimum absolute atomic E-state index is 0.424. The Morgan fingerprint density at radius 3 is 3.18 bits per heavy atom. The van der Waals surface area contributed by atoms with Crippen LogP contribution in [0.25, 0.3) is 0 Å². The topological polar surface area (TPSA) is 39.1 Å². The van der Waals surface area contributed by atoms with Gasteiger partial charge in [0.05, 0.1) is 12.3 Å². The molecule has 0 amide bonds. The third-order valence-corrected chi connectivity index (χ3v) is 3.39. The van der Waals surface area contributed by atoms with Gasteiger partial charge in [-0.3, -0.25) is 4.68 Å². The van der Waals surface area contributed by atoms with Crippen LogP contribution >= 0.6 is 0 Å². The molecule has 2 atom stereocenters. The average molecular weight is 237 g/mol. The van der Waals surface area contributed by atoms with Crippen LogP contribution in [0.1, 0.15) is 31.7 Å². The second-order valence-corrected chi connectivity index (χ2v) is 4.92. The van der Waals surface area contributed by atoms with Crippen LogP contribution in [0, 0.1) is 0 Å². The second-order valence-electron chi connectivity index (χ2n) is 4.92. The van der Waals surface area contributed by atoms with E-state index in [-0.39, 0.29) is 0 Å². The Hall–Kier alpha value is -0.870. The first kappa shape index (κ1) is 12.6. The first-order valence-electron chi connectivity index (χ1n) is 6.58. The van der Waals surface area contributed by atoms with Crippen molar-refractivity contribution in [1.82, 2.24) is 15.1 Å². The van der Waals surface area contributed by atoms with Crippen LogP contribution in [-0.2, 0) is 18.2 Å². The Kier molecular flexibility index (Phi) is 4.57. The monoisotopic (exact) mass is 237 g/mol. The number of rotatable bonds is 6. The number of aryl methyl sites for hydroxylation is 2. The number of nitrogens with zero attached hydrogens (tertiary/aromatic N) is 2. The van der Waals surface area contributed by atoms with Crippen LogP contribution in [-0.4, -0.2) is 35.1 Å². The number of aromatic nitrogens is 2. The smallest absolute Gasteiger partial charge is 0.0726 e. The van der Waals surface area contributed by atoms with E-state index >= 15 is 0 Å². The van der Waals surface area contributed by atoms with E-state index in [9.17, 15) is 0 Å². The van der Waals surface area contributed by atoms with Crippen molar-refractivity contribution in [3.8, 4) is 0 Å². The van der Waals surface area contributed by atoms with Crippen molar-refractivity contribution in [2.45, 2.75) is 44.8 Å². The zero-order valence-corrected chi connectivity index (χ0v) is 10.9. The summed E-state index contributed by atoms with van der Waals surface area (Å²) in [7, 11) is 1.96. The standard InChI is InChI=1S/C13H23N3O/c1-11(13-6-4-8-17-13)14-7-3-5-12-9-15-16(2)10-12/h9-11,13-14H,3-8H2,1-2H3. The predicted octanol–water partition coefficient (Wildman–Crippen LogP) is 1.51. The Labute approximate surface area is 103 Å². The van der Waals surface area contributed by atoms with Crippen LogP contribution in [0.5, 0.6) is 0 Å². The van der Waals surface area contributed by atoms with E-state index in [0.717, 1.165) is 26.0 Å². The quantitative estimate of drug-likeness (QED) is 0.762. The van der Waals surface area contributed by atoms with Crippen LogP contribution < -0.4 is 5.32 Å². The lowest BCUT2D eigenvalue weighted by Gasteiger charge is -2.19. The molecule has 4 nitrogen and oxygen atoms in total. The number of nitrogens with one attached hydrogen (secondary N) is 1. The highest BCUT2D eigenvalue weighted by molar-refractivity contribution is 5.03. The molecular formula is C13H23N3O. The normalized spacial score (nSPS) is 21.9. The van der Waals surface area contributed by atoms with Gasteiger partial charge in [-0.15, -0.1) is 0 Å². The van der Waals surface area contributed by atoms with E-state index in [4.69, 9.17) is 4.74 Å². The fourth-order valence-electron chi connectivity index (χ4n) is 2.35. The summed E-state index contributed by atoms with van der Waals surface area (Å²) in [6.07, 6.45) is 9.13. The minimum Gasteiger partial charge on any atom is -0.377 e. The molecule has 0 aliphatic carbocycles. The van der Waals surface area contributed by atoms with Gasteiger partial charge in [0.15, 0.2) is 0 Å². The van der Waals surface area contributed by atoms with Gasteiger partial charge in [-0.1, -0.05) is 0 Å². The molecule has 1 fully saturated rings. The third kappa shape index (κ3) is 3.82. The summed E-state index contributed by atoms with van der Waals surface area (Å²) in [5.41, 5.74) is 1.32. The Morgan fingerprint density at radius 1 is 1.65 bits per heavy atom. The molecule has 0 aromatic carbocycles. The molecule has 4 heteroatoms. The van der Waals surface area contributed by atoms with Gasteiger partial charge in [0.2, 0.25) is 0 Å². The third-order valence-electron chi connectivity index (χ3n) is 3.39. The van der Waals surface area contributed by atoms with Crippen LogP contribution in [0.3, 0.4) is 0 Å². The summed E-state index contributed by atoms with van der Waals surface area (Å²) in [6.45, 7) is 4.21. The van der Waals surface area contributed by atoms with Gasteiger partial charge in [-0.05, 0) is 44.7 Å². The van der Waals surface area contributed by atoms with Crippen molar-refractivity contribution in [2.75, 3.05) is 13.2 Å². The van der Waals surface area contributed by atoms with Crippen molar-refractivity contribution in [3.63, 3.8) is 0 Å². The van der Waals surface area contributed by atoms with Gasteiger partial charge in [0.25, 0.3) is 0 Å². The summed E-state index contributed by atoms with van der Waals surface area (Å²) in [4.78, 5) is 0. The number of hydrogen-bond acceptors (Lipinski definition) is 3. The fourth-order valence-corrected chi connectivity index (χ4v) is 2.35. The summed E-state index contributed by atoms with van der Waals surface area (Å²) in [5, 5.41) is 7.72.